The van der Waals surface area contributed by atoms with E-state index in [1.807, 2.05) is 0 Å². The maximum Gasteiger partial charge on any atom is 3.00 e. The van der Waals surface area contributed by atoms with Gasteiger partial charge in [0.2, 0.25) is 0 Å². The molecule has 0 aromatic rings. The van der Waals surface area contributed by atoms with E-state index in [1.165, 1.54) is 0 Å². The summed E-state index contributed by atoms with van der Waals surface area (Å²) in [6, 6.07) is 0. The Morgan fingerprint density at radius 2 is 1.00 bits per heavy atom. The summed E-state index contributed by atoms with van der Waals surface area (Å²) in [7, 11) is -5.17. The molecule has 0 aliphatic heterocycles. The fourth-order valence-electron chi connectivity index (χ4n) is 0. The first-order chi connectivity index (χ1) is 4.64. The van der Waals surface area contributed by atoms with Crippen molar-refractivity contribution in [3.63, 3.8) is 0 Å². The van der Waals surface area contributed by atoms with Gasteiger partial charge in [-0.25, -0.2) is 0 Å². The first kappa shape index (κ1) is 23.3. The van der Waals surface area contributed by atoms with Gasteiger partial charge >= 0.3 is 46.6 Å². The second kappa shape index (κ2) is 10.4. The summed E-state index contributed by atoms with van der Waals surface area (Å²) in [5.74, 6) is -4.37. The zero-order chi connectivity index (χ0) is 9.65. The van der Waals surface area contributed by atoms with Crippen LogP contribution in [0.25, 0.3) is 0 Å². The molecule has 0 saturated carbocycles. The maximum atomic E-state index is 8.93. The molecule has 0 aromatic carbocycles. The molecule has 0 aliphatic rings. The molecule has 8 nitrogen and oxygen atoms in total. The number of carboxylic acids is 2. The zero-order valence-corrected chi connectivity index (χ0v) is 9.95. The Hall–Kier alpha value is 0.329. The summed E-state index contributed by atoms with van der Waals surface area (Å²) < 4.78 is 34.1. The van der Waals surface area contributed by atoms with Crippen molar-refractivity contribution in [2.24, 2.45) is 0 Å². The molecular formula is C2FeNaO8S. The van der Waals surface area contributed by atoms with E-state index in [0.717, 1.165) is 0 Å². The third-order valence-corrected chi connectivity index (χ3v) is 0.167. The molecule has 0 fully saturated rings. The van der Waals surface area contributed by atoms with Gasteiger partial charge in [0.1, 0.15) is 0 Å². The van der Waals surface area contributed by atoms with Crippen molar-refractivity contribution in [2.45, 2.75) is 0 Å². The maximum absolute atomic E-state index is 8.93. The predicted molar refractivity (Wildman–Crippen MR) is 20.5 cm³/mol. The quantitative estimate of drug-likeness (QED) is 0.180. The molecule has 0 saturated heterocycles. The van der Waals surface area contributed by atoms with Gasteiger partial charge in [-0.15, -0.1) is 0 Å². The van der Waals surface area contributed by atoms with Crippen molar-refractivity contribution in [1.29, 1.82) is 0 Å². The molecule has 1 radical (unpaired) electrons. The molecule has 0 aromatic heterocycles. The normalized spacial score (nSPS) is 7.85. The van der Waals surface area contributed by atoms with Crippen molar-refractivity contribution < 1.29 is 84.0 Å². The van der Waals surface area contributed by atoms with Crippen LogP contribution in [0.15, 0.2) is 0 Å². The molecule has 0 atom stereocenters. The van der Waals surface area contributed by atoms with Gasteiger partial charge in [0.15, 0.2) is 0 Å². The number of carbonyl (C=O) groups excluding carboxylic acids is 2. The van der Waals surface area contributed by atoms with Crippen LogP contribution < -0.4 is 39.8 Å². The monoisotopic (exact) mass is 263 g/mol. The molecule has 0 heterocycles. The fourth-order valence-corrected chi connectivity index (χ4v) is 0. The second-order valence-corrected chi connectivity index (χ2v) is 1.80. The molecule has 0 spiro atoms. The number of carbonyl (C=O) groups is 2. The van der Waals surface area contributed by atoms with Crippen LogP contribution in [0, 0.1) is 0 Å². The van der Waals surface area contributed by atoms with Crippen LogP contribution in [-0.2, 0) is 37.1 Å². The standard InChI is InChI=1S/C2H2O4.Fe.Na.H2O4S/c3-1(4)2(5)6;;;1-5(2,3)4/h(H,3,4)(H,5,6);;;(H2,1,2,3,4)/q;+3;+1;/p-4. The van der Waals surface area contributed by atoms with Gasteiger partial charge < -0.3 is 28.9 Å². The Morgan fingerprint density at radius 3 is 1.00 bits per heavy atom. The minimum absolute atomic E-state index is 0. The topological polar surface area (TPSA) is 161 Å². The van der Waals surface area contributed by atoms with Crippen LogP contribution >= 0.6 is 0 Å². The van der Waals surface area contributed by atoms with E-state index >= 15 is 0 Å². The van der Waals surface area contributed by atoms with Crippen molar-refractivity contribution >= 4 is 22.3 Å². The van der Waals surface area contributed by atoms with Gasteiger partial charge in [-0.05, 0) is 0 Å². The zero-order valence-electron chi connectivity index (χ0n) is 6.03. The number of hydrogen-bond acceptors (Lipinski definition) is 8. The summed E-state index contributed by atoms with van der Waals surface area (Å²) in [5, 5.41) is 17.9. The Balaban J connectivity index is -0.0000000546. The number of hydrogen-bond donors (Lipinski definition) is 0. The SMILES string of the molecule is O=C([O-])C(=O)[O-].O=S(=O)([O-])[O-].[Fe+3].[Na+]. The van der Waals surface area contributed by atoms with Crippen molar-refractivity contribution in [3.8, 4) is 0 Å². The van der Waals surface area contributed by atoms with Gasteiger partial charge in [0.05, 0.1) is 11.9 Å². The van der Waals surface area contributed by atoms with Crippen LogP contribution in [0.1, 0.15) is 0 Å². The molecule has 0 N–H and O–H groups in total. The average Bonchev–Trinajstić information content (AvgIpc) is 1.59. The molecule has 71 valence electrons. The molecule has 0 unspecified atom stereocenters. The Kier molecular flexibility index (Phi) is 18.6. The van der Waals surface area contributed by atoms with Gasteiger partial charge in [-0.1, -0.05) is 0 Å². The average molecular weight is 263 g/mol. The summed E-state index contributed by atoms with van der Waals surface area (Å²) in [6.07, 6.45) is 0. The Labute approximate surface area is 106 Å². The number of rotatable bonds is 0. The molecule has 13 heavy (non-hydrogen) atoms. The second-order valence-electron chi connectivity index (χ2n) is 0.983. The van der Waals surface area contributed by atoms with Gasteiger partial charge in [-0.2, -0.15) is 0 Å². The summed E-state index contributed by atoms with van der Waals surface area (Å²) in [5.41, 5.74) is 0. The van der Waals surface area contributed by atoms with Crippen LogP contribution in [0.2, 0.25) is 0 Å². The summed E-state index contributed by atoms with van der Waals surface area (Å²) in [4.78, 5) is 17.9. The smallest absolute Gasteiger partial charge is 0.759 e. The van der Waals surface area contributed by atoms with Crippen LogP contribution in [0.5, 0.6) is 0 Å². The van der Waals surface area contributed by atoms with E-state index in [4.69, 9.17) is 37.3 Å². The van der Waals surface area contributed by atoms with E-state index in [-0.39, 0.29) is 46.6 Å². The molecule has 0 aliphatic carbocycles. The number of carboxylic acid groups (broad SMARTS) is 2. The summed E-state index contributed by atoms with van der Waals surface area (Å²) >= 11 is 0. The minimum atomic E-state index is -5.17. The minimum Gasteiger partial charge on any atom is -0.759 e. The van der Waals surface area contributed by atoms with Crippen molar-refractivity contribution in [2.75, 3.05) is 0 Å². The van der Waals surface area contributed by atoms with Crippen LogP contribution in [-0.4, -0.2) is 29.5 Å². The Bertz CT molecular complexity index is 225. The van der Waals surface area contributed by atoms with Crippen LogP contribution in [0.4, 0.5) is 0 Å². The summed E-state index contributed by atoms with van der Waals surface area (Å²) in [6.45, 7) is 0. The van der Waals surface area contributed by atoms with Gasteiger partial charge in [0.25, 0.3) is 0 Å². The van der Waals surface area contributed by atoms with E-state index in [1.54, 1.807) is 0 Å². The third-order valence-electron chi connectivity index (χ3n) is 0.167. The van der Waals surface area contributed by atoms with Crippen molar-refractivity contribution in [3.05, 3.63) is 0 Å². The molecular weight excluding hydrogens is 263 g/mol. The first-order valence-electron chi connectivity index (χ1n) is 1.73. The van der Waals surface area contributed by atoms with Gasteiger partial charge in [0, 0.05) is 10.4 Å². The van der Waals surface area contributed by atoms with Crippen molar-refractivity contribution in [1.82, 2.24) is 0 Å². The first-order valence-corrected chi connectivity index (χ1v) is 3.07. The number of aliphatic carboxylic acids is 2. The van der Waals surface area contributed by atoms with E-state index in [0.29, 0.717) is 0 Å². The third kappa shape index (κ3) is 70.2. The predicted octanol–water partition coefficient (Wildman–Crippen LogP) is -7.85. The van der Waals surface area contributed by atoms with E-state index in [9.17, 15) is 0 Å². The fraction of sp³-hybridized carbons (Fsp3) is 0. The van der Waals surface area contributed by atoms with E-state index in [2.05, 4.69) is 0 Å². The van der Waals surface area contributed by atoms with E-state index < -0.39 is 22.3 Å². The largest absolute Gasteiger partial charge is 3.00 e. The molecule has 0 amide bonds. The van der Waals surface area contributed by atoms with Crippen LogP contribution in [0.3, 0.4) is 0 Å². The molecule has 0 bridgehead atoms. The molecule has 0 rings (SSSR count). The molecule has 11 heteroatoms. The van der Waals surface area contributed by atoms with Gasteiger partial charge in [-0.3, -0.25) is 8.42 Å². The Morgan fingerprint density at radius 1 is 0.923 bits per heavy atom.